The van der Waals surface area contributed by atoms with E-state index >= 15 is 0 Å². The molecule has 0 aliphatic carbocycles. The lowest BCUT2D eigenvalue weighted by molar-refractivity contribution is -0.135. The topological polar surface area (TPSA) is 88.2 Å². The lowest BCUT2D eigenvalue weighted by atomic mass is 10.1. The number of fused-ring (bicyclic) bond motifs is 1. The van der Waals surface area contributed by atoms with Crippen molar-refractivity contribution < 1.29 is 9.53 Å². The summed E-state index contributed by atoms with van der Waals surface area (Å²) >= 11 is 3.37. The first kappa shape index (κ1) is 19.5. The van der Waals surface area contributed by atoms with Gasteiger partial charge < -0.3 is 9.64 Å². The maximum absolute atomic E-state index is 12.8. The zero-order chi connectivity index (χ0) is 19.2. The molecule has 7 nitrogen and oxygen atoms in total. The van der Waals surface area contributed by atoms with Crippen LogP contribution in [0.2, 0.25) is 0 Å². The number of amides is 1. The number of nitrogens with zero attached hydrogens (tertiary/aromatic N) is 4. The van der Waals surface area contributed by atoms with Gasteiger partial charge >= 0.3 is 0 Å². The Balaban J connectivity index is 1.73. The van der Waals surface area contributed by atoms with E-state index in [1.165, 1.54) is 10.9 Å². The first-order chi connectivity index (χ1) is 13.1. The SMILES string of the molecule is N#CCCN(C(=O)CCn1cnc2ccc(Br)cc2c1=O)C1CCOCC1. The summed E-state index contributed by atoms with van der Waals surface area (Å²) in [5.41, 5.74) is 0.465. The fourth-order valence-electron chi connectivity index (χ4n) is 3.33. The first-order valence-electron chi connectivity index (χ1n) is 8.99. The Morgan fingerprint density at radius 1 is 1.41 bits per heavy atom. The second kappa shape index (κ2) is 9.11. The molecule has 0 N–H and O–H groups in total. The number of aryl methyl sites for hydroxylation is 1. The highest BCUT2D eigenvalue weighted by atomic mass is 79.9. The highest BCUT2D eigenvalue weighted by Crippen LogP contribution is 2.17. The van der Waals surface area contributed by atoms with Crippen molar-refractivity contribution in [1.82, 2.24) is 14.5 Å². The van der Waals surface area contributed by atoms with Gasteiger partial charge in [0.25, 0.3) is 5.56 Å². The molecule has 1 amide bonds. The van der Waals surface area contributed by atoms with Gasteiger partial charge in [-0.1, -0.05) is 15.9 Å². The summed E-state index contributed by atoms with van der Waals surface area (Å²) in [6.07, 6.45) is 3.55. The summed E-state index contributed by atoms with van der Waals surface area (Å²) in [5.74, 6) is -0.0432. The Bertz CT molecular complexity index is 915. The van der Waals surface area contributed by atoms with Gasteiger partial charge in [0.2, 0.25) is 5.91 Å². The molecule has 0 radical (unpaired) electrons. The molecule has 3 rings (SSSR count). The molecule has 0 bridgehead atoms. The Morgan fingerprint density at radius 2 is 2.19 bits per heavy atom. The highest BCUT2D eigenvalue weighted by molar-refractivity contribution is 9.10. The molecule has 1 fully saturated rings. The summed E-state index contributed by atoms with van der Waals surface area (Å²) in [5, 5.41) is 9.41. The molecular formula is C19H21BrN4O3. The van der Waals surface area contributed by atoms with Gasteiger partial charge in [0.05, 0.1) is 29.7 Å². The van der Waals surface area contributed by atoms with E-state index < -0.39 is 0 Å². The third-order valence-electron chi connectivity index (χ3n) is 4.77. The molecule has 0 spiro atoms. The zero-order valence-corrected chi connectivity index (χ0v) is 16.5. The van der Waals surface area contributed by atoms with Gasteiger partial charge in [-0.3, -0.25) is 14.2 Å². The largest absolute Gasteiger partial charge is 0.381 e. The van der Waals surface area contributed by atoms with Crippen molar-refractivity contribution in [3.8, 4) is 6.07 Å². The predicted molar refractivity (Wildman–Crippen MR) is 104 cm³/mol. The molecule has 2 heterocycles. The van der Waals surface area contributed by atoms with Gasteiger partial charge in [0.1, 0.15) is 0 Å². The van der Waals surface area contributed by atoms with Crippen LogP contribution in [-0.2, 0) is 16.1 Å². The van der Waals surface area contributed by atoms with Crippen LogP contribution < -0.4 is 5.56 Å². The molecule has 0 saturated carbocycles. The van der Waals surface area contributed by atoms with Gasteiger partial charge in [-0.15, -0.1) is 0 Å². The van der Waals surface area contributed by atoms with Crippen molar-refractivity contribution in [3.05, 3.63) is 39.4 Å². The van der Waals surface area contributed by atoms with Crippen LogP contribution in [0.4, 0.5) is 0 Å². The van der Waals surface area contributed by atoms with Crippen LogP contribution >= 0.6 is 15.9 Å². The number of aromatic nitrogens is 2. The molecular weight excluding hydrogens is 412 g/mol. The molecule has 1 aromatic heterocycles. The Kier molecular flexibility index (Phi) is 6.58. The highest BCUT2D eigenvalue weighted by Gasteiger charge is 2.25. The maximum atomic E-state index is 12.8. The number of benzene rings is 1. The van der Waals surface area contributed by atoms with Gasteiger partial charge in [-0.25, -0.2) is 4.98 Å². The molecule has 8 heteroatoms. The van der Waals surface area contributed by atoms with E-state index in [4.69, 9.17) is 10.00 Å². The summed E-state index contributed by atoms with van der Waals surface area (Å²) in [7, 11) is 0. The smallest absolute Gasteiger partial charge is 0.261 e. The second-order valence-corrected chi connectivity index (χ2v) is 7.41. The number of rotatable bonds is 6. The Morgan fingerprint density at radius 3 is 2.93 bits per heavy atom. The van der Waals surface area contributed by atoms with Crippen molar-refractivity contribution in [2.24, 2.45) is 0 Å². The monoisotopic (exact) mass is 432 g/mol. The third kappa shape index (κ3) is 4.73. The molecule has 1 aliphatic heterocycles. The van der Waals surface area contributed by atoms with Crippen molar-refractivity contribution in [1.29, 1.82) is 5.26 Å². The van der Waals surface area contributed by atoms with Crippen LogP contribution in [0.15, 0.2) is 33.8 Å². The van der Waals surface area contributed by atoms with Crippen LogP contribution in [0.25, 0.3) is 10.9 Å². The standard InChI is InChI=1S/C19H21BrN4O3/c20-14-2-3-17-16(12-14)19(26)23(13-22-17)9-4-18(25)24(8-1-7-21)15-5-10-27-11-6-15/h2-3,12-13,15H,1,4-6,8-11H2. The summed E-state index contributed by atoms with van der Waals surface area (Å²) < 4.78 is 7.65. The van der Waals surface area contributed by atoms with E-state index in [-0.39, 0.29) is 30.5 Å². The normalized spacial score (nSPS) is 14.8. The van der Waals surface area contributed by atoms with Crippen LogP contribution in [-0.4, -0.2) is 46.2 Å². The summed E-state index contributed by atoms with van der Waals surface area (Å²) in [6, 6.07) is 7.56. The summed E-state index contributed by atoms with van der Waals surface area (Å²) in [4.78, 5) is 31.5. The molecule has 1 aliphatic rings. The van der Waals surface area contributed by atoms with E-state index in [1.54, 1.807) is 17.0 Å². The van der Waals surface area contributed by atoms with E-state index in [2.05, 4.69) is 27.0 Å². The number of nitriles is 1. The van der Waals surface area contributed by atoms with Crippen molar-refractivity contribution in [2.45, 2.75) is 38.3 Å². The van der Waals surface area contributed by atoms with E-state index in [1.807, 2.05) is 6.07 Å². The number of halogens is 1. The second-order valence-electron chi connectivity index (χ2n) is 6.49. The Hall–Kier alpha value is -2.24. The average molecular weight is 433 g/mol. The number of carbonyl (C=O) groups excluding carboxylic acids is 1. The minimum absolute atomic E-state index is 0.0432. The number of carbonyl (C=O) groups is 1. The molecule has 1 saturated heterocycles. The van der Waals surface area contributed by atoms with E-state index in [9.17, 15) is 9.59 Å². The summed E-state index contributed by atoms with van der Waals surface area (Å²) in [6.45, 7) is 1.94. The Labute approximate surface area is 165 Å². The molecule has 0 unspecified atom stereocenters. The quantitative estimate of drug-likeness (QED) is 0.699. The van der Waals surface area contributed by atoms with Crippen LogP contribution in [0, 0.1) is 11.3 Å². The van der Waals surface area contributed by atoms with E-state index in [0.717, 1.165) is 17.3 Å². The minimum Gasteiger partial charge on any atom is -0.381 e. The van der Waals surface area contributed by atoms with Crippen LogP contribution in [0.5, 0.6) is 0 Å². The minimum atomic E-state index is -0.163. The lowest BCUT2D eigenvalue weighted by Crippen LogP contribution is -2.44. The molecule has 142 valence electrons. The number of hydrogen-bond acceptors (Lipinski definition) is 5. The molecule has 0 atom stereocenters. The number of ether oxygens (including phenoxy) is 1. The van der Waals surface area contributed by atoms with Gasteiger partial charge in [0, 0.05) is 43.2 Å². The fraction of sp³-hybridized carbons (Fsp3) is 0.474. The number of hydrogen-bond donors (Lipinski definition) is 0. The van der Waals surface area contributed by atoms with Crippen molar-refractivity contribution in [2.75, 3.05) is 19.8 Å². The first-order valence-corrected chi connectivity index (χ1v) is 9.78. The van der Waals surface area contributed by atoms with Gasteiger partial charge in [-0.05, 0) is 31.0 Å². The predicted octanol–water partition coefficient (Wildman–Crippen LogP) is 2.47. The molecule has 1 aromatic carbocycles. The van der Waals surface area contributed by atoms with Crippen LogP contribution in [0.3, 0.4) is 0 Å². The fourth-order valence-corrected chi connectivity index (χ4v) is 3.69. The van der Waals surface area contributed by atoms with Gasteiger partial charge in [0.15, 0.2) is 0 Å². The van der Waals surface area contributed by atoms with Gasteiger partial charge in [-0.2, -0.15) is 5.26 Å². The maximum Gasteiger partial charge on any atom is 0.261 e. The van der Waals surface area contributed by atoms with Crippen LogP contribution in [0.1, 0.15) is 25.7 Å². The lowest BCUT2D eigenvalue weighted by Gasteiger charge is -2.34. The molecule has 2 aromatic rings. The van der Waals surface area contributed by atoms with Crippen molar-refractivity contribution in [3.63, 3.8) is 0 Å². The molecule has 27 heavy (non-hydrogen) atoms. The van der Waals surface area contributed by atoms with Crippen molar-refractivity contribution >= 4 is 32.7 Å². The van der Waals surface area contributed by atoms with E-state index in [0.29, 0.717) is 37.1 Å². The zero-order valence-electron chi connectivity index (χ0n) is 14.9. The average Bonchev–Trinajstić information content (AvgIpc) is 2.69. The third-order valence-corrected chi connectivity index (χ3v) is 5.26.